The lowest BCUT2D eigenvalue weighted by atomic mass is 10.2. The van der Waals surface area contributed by atoms with Gasteiger partial charge in [-0.2, -0.15) is 0 Å². The van der Waals surface area contributed by atoms with Crippen LogP contribution in [0, 0.1) is 0 Å². The van der Waals surface area contributed by atoms with Gasteiger partial charge in [-0.3, -0.25) is 4.79 Å². The van der Waals surface area contributed by atoms with Crippen LogP contribution in [-0.2, 0) is 9.53 Å². The first-order valence-electron chi connectivity index (χ1n) is 7.05. The van der Waals surface area contributed by atoms with Crippen molar-refractivity contribution < 1.29 is 23.5 Å². The first-order valence-corrected chi connectivity index (χ1v) is 7.43. The number of carbonyl (C=O) groups excluding carboxylic acids is 2. The number of methoxy groups -OCH3 is 1. The van der Waals surface area contributed by atoms with Gasteiger partial charge in [0.15, 0.2) is 6.61 Å². The van der Waals surface area contributed by atoms with E-state index in [4.69, 9.17) is 31.2 Å². The van der Waals surface area contributed by atoms with Crippen LogP contribution in [0.1, 0.15) is 29.1 Å². The molecule has 7 nitrogen and oxygen atoms in total. The SMILES string of the molecule is COc1cc(N)c(Cl)cc1C(=O)OCC(=O)N[C@H](C)c1ccco1. The van der Waals surface area contributed by atoms with E-state index in [0.29, 0.717) is 5.76 Å². The van der Waals surface area contributed by atoms with Crippen molar-refractivity contribution in [1.29, 1.82) is 0 Å². The molecule has 0 saturated heterocycles. The van der Waals surface area contributed by atoms with E-state index in [9.17, 15) is 9.59 Å². The van der Waals surface area contributed by atoms with Gasteiger partial charge in [-0.1, -0.05) is 11.6 Å². The first kappa shape index (κ1) is 17.7. The summed E-state index contributed by atoms with van der Waals surface area (Å²) < 4.78 is 15.2. The molecule has 1 aromatic carbocycles. The molecule has 2 rings (SSSR count). The summed E-state index contributed by atoms with van der Waals surface area (Å²) in [4.78, 5) is 24.0. The van der Waals surface area contributed by atoms with E-state index >= 15 is 0 Å². The molecule has 3 N–H and O–H groups in total. The minimum atomic E-state index is -0.741. The number of nitrogens with two attached hydrogens (primary N) is 1. The molecule has 0 aliphatic carbocycles. The van der Waals surface area contributed by atoms with Crippen LogP contribution in [0.15, 0.2) is 34.9 Å². The van der Waals surface area contributed by atoms with Gasteiger partial charge in [-0.05, 0) is 25.1 Å². The van der Waals surface area contributed by atoms with Gasteiger partial charge >= 0.3 is 5.97 Å². The Morgan fingerprint density at radius 3 is 2.79 bits per heavy atom. The highest BCUT2D eigenvalue weighted by molar-refractivity contribution is 6.33. The molecule has 0 spiro atoms. The van der Waals surface area contributed by atoms with Crippen molar-refractivity contribution in [3.63, 3.8) is 0 Å². The minimum Gasteiger partial charge on any atom is -0.496 e. The molecule has 24 heavy (non-hydrogen) atoms. The van der Waals surface area contributed by atoms with Crippen LogP contribution in [0.4, 0.5) is 5.69 Å². The number of hydrogen-bond acceptors (Lipinski definition) is 6. The molecule has 0 radical (unpaired) electrons. The molecule has 0 bridgehead atoms. The Morgan fingerprint density at radius 1 is 1.42 bits per heavy atom. The lowest BCUT2D eigenvalue weighted by molar-refractivity contribution is -0.125. The zero-order chi connectivity index (χ0) is 17.7. The van der Waals surface area contributed by atoms with Gasteiger partial charge in [0.05, 0.1) is 30.1 Å². The van der Waals surface area contributed by atoms with E-state index in [2.05, 4.69) is 5.32 Å². The molecular formula is C16H17ClN2O5. The topological polar surface area (TPSA) is 104 Å². The Bertz CT molecular complexity index is 730. The van der Waals surface area contributed by atoms with Crippen molar-refractivity contribution in [3.8, 4) is 5.75 Å². The number of benzene rings is 1. The maximum absolute atomic E-state index is 12.1. The molecular weight excluding hydrogens is 336 g/mol. The summed E-state index contributed by atoms with van der Waals surface area (Å²) in [6.07, 6.45) is 1.51. The zero-order valence-electron chi connectivity index (χ0n) is 13.2. The summed E-state index contributed by atoms with van der Waals surface area (Å²) in [5.41, 5.74) is 6.01. The second-order valence-electron chi connectivity index (χ2n) is 4.95. The summed E-state index contributed by atoms with van der Waals surface area (Å²) in [7, 11) is 1.39. The van der Waals surface area contributed by atoms with Crippen LogP contribution in [0.25, 0.3) is 0 Å². The highest BCUT2D eigenvalue weighted by Crippen LogP contribution is 2.29. The van der Waals surface area contributed by atoms with Gasteiger partial charge < -0.3 is 24.9 Å². The number of anilines is 1. The van der Waals surface area contributed by atoms with Crippen LogP contribution in [-0.4, -0.2) is 25.6 Å². The number of ether oxygens (including phenoxy) is 2. The van der Waals surface area contributed by atoms with Crippen LogP contribution in [0.2, 0.25) is 5.02 Å². The van der Waals surface area contributed by atoms with Gasteiger partial charge in [0.1, 0.15) is 17.1 Å². The molecule has 2 aromatic rings. The number of amides is 1. The average Bonchev–Trinajstić information content (AvgIpc) is 3.09. The van der Waals surface area contributed by atoms with Crippen LogP contribution < -0.4 is 15.8 Å². The fourth-order valence-corrected chi connectivity index (χ4v) is 2.16. The van der Waals surface area contributed by atoms with Crippen molar-refractivity contribution in [2.45, 2.75) is 13.0 Å². The zero-order valence-corrected chi connectivity index (χ0v) is 13.9. The molecule has 128 valence electrons. The van der Waals surface area contributed by atoms with Crippen molar-refractivity contribution >= 4 is 29.2 Å². The van der Waals surface area contributed by atoms with Crippen molar-refractivity contribution in [3.05, 3.63) is 46.9 Å². The van der Waals surface area contributed by atoms with E-state index in [1.165, 1.54) is 25.5 Å². The number of rotatable bonds is 6. The number of carbonyl (C=O) groups is 2. The Morgan fingerprint density at radius 2 is 2.17 bits per heavy atom. The second kappa shape index (κ2) is 7.74. The van der Waals surface area contributed by atoms with E-state index in [0.717, 1.165) is 0 Å². The predicted octanol–water partition coefficient (Wildman–Crippen LogP) is 2.56. The summed E-state index contributed by atoms with van der Waals surface area (Å²) in [5, 5.41) is 2.84. The minimum absolute atomic E-state index is 0.0867. The van der Waals surface area contributed by atoms with Crippen molar-refractivity contribution in [1.82, 2.24) is 5.32 Å². The maximum atomic E-state index is 12.1. The molecule has 1 aromatic heterocycles. The van der Waals surface area contributed by atoms with Crippen LogP contribution in [0.5, 0.6) is 5.75 Å². The van der Waals surface area contributed by atoms with Crippen LogP contribution >= 0.6 is 11.6 Å². The Labute approximate surface area is 143 Å². The third-order valence-electron chi connectivity index (χ3n) is 3.22. The monoisotopic (exact) mass is 352 g/mol. The summed E-state index contributed by atoms with van der Waals surface area (Å²) in [5.74, 6) is -0.393. The van der Waals surface area contributed by atoms with Gasteiger partial charge in [0, 0.05) is 6.07 Å². The van der Waals surface area contributed by atoms with Crippen molar-refractivity contribution in [2.24, 2.45) is 0 Å². The highest BCUT2D eigenvalue weighted by Gasteiger charge is 2.18. The predicted molar refractivity (Wildman–Crippen MR) is 88.0 cm³/mol. The number of esters is 1. The summed E-state index contributed by atoms with van der Waals surface area (Å²) in [6.45, 7) is 1.30. The Hall–Kier alpha value is -2.67. The normalized spacial score (nSPS) is 11.6. The number of halogens is 1. The summed E-state index contributed by atoms with van der Waals surface area (Å²) in [6, 6.07) is 5.86. The molecule has 0 aliphatic rings. The smallest absolute Gasteiger partial charge is 0.342 e. The first-order chi connectivity index (χ1) is 11.4. The molecule has 0 aliphatic heterocycles. The quantitative estimate of drug-likeness (QED) is 0.611. The fraction of sp³-hybridized carbons (Fsp3) is 0.250. The fourth-order valence-electron chi connectivity index (χ4n) is 2.00. The van der Waals surface area contributed by atoms with Gasteiger partial charge in [0.25, 0.3) is 5.91 Å². The average molecular weight is 353 g/mol. The molecule has 1 atom stereocenters. The van der Waals surface area contributed by atoms with E-state index < -0.39 is 18.5 Å². The molecule has 0 fully saturated rings. The largest absolute Gasteiger partial charge is 0.496 e. The third kappa shape index (κ3) is 4.20. The standard InChI is InChI=1S/C16H17ClN2O5/c1-9(13-4-3-5-23-13)19-15(20)8-24-16(21)10-6-11(17)12(18)7-14(10)22-2/h3-7,9H,8,18H2,1-2H3,(H,19,20)/t9-/m1/s1. The Balaban J connectivity index is 1.95. The summed E-state index contributed by atoms with van der Waals surface area (Å²) >= 11 is 5.90. The Kier molecular flexibility index (Phi) is 5.70. The third-order valence-corrected chi connectivity index (χ3v) is 3.55. The molecule has 8 heteroatoms. The van der Waals surface area contributed by atoms with E-state index in [1.54, 1.807) is 19.1 Å². The molecule has 1 amide bonds. The van der Waals surface area contributed by atoms with E-state index in [1.807, 2.05) is 0 Å². The second-order valence-corrected chi connectivity index (χ2v) is 5.36. The number of nitrogens with one attached hydrogen (secondary N) is 1. The number of nitrogen functional groups attached to an aromatic ring is 1. The van der Waals surface area contributed by atoms with Gasteiger partial charge in [-0.25, -0.2) is 4.79 Å². The number of hydrogen-bond donors (Lipinski definition) is 2. The van der Waals surface area contributed by atoms with Gasteiger partial charge in [0.2, 0.25) is 0 Å². The van der Waals surface area contributed by atoms with E-state index in [-0.39, 0.29) is 28.1 Å². The van der Waals surface area contributed by atoms with Crippen LogP contribution in [0.3, 0.4) is 0 Å². The lowest BCUT2D eigenvalue weighted by Crippen LogP contribution is -2.31. The van der Waals surface area contributed by atoms with Crippen molar-refractivity contribution in [2.75, 3.05) is 19.5 Å². The molecule has 0 unspecified atom stereocenters. The highest BCUT2D eigenvalue weighted by atomic mass is 35.5. The molecule has 0 saturated carbocycles. The lowest BCUT2D eigenvalue weighted by Gasteiger charge is -2.13. The number of furan rings is 1. The maximum Gasteiger partial charge on any atom is 0.342 e. The molecule has 1 heterocycles. The van der Waals surface area contributed by atoms with Gasteiger partial charge in [-0.15, -0.1) is 0 Å².